The van der Waals surface area contributed by atoms with Gasteiger partial charge in [0.2, 0.25) is 0 Å². The van der Waals surface area contributed by atoms with Gasteiger partial charge in [0.1, 0.15) is 0 Å². The maximum Gasteiger partial charge on any atom is 0.0274 e. The molecular formula is C17H34N2. The first-order valence-electron chi connectivity index (χ1n) is 8.45. The molecule has 0 spiro atoms. The van der Waals surface area contributed by atoms with Crippen LogP contribution in [0, 0.1) is 11.3 Å². The van der Waals surface area contributed by atoms with Crippen LogP contribution in [0.1, 0.15) is 66.7 Å². The van der Waals surface area contributed by atoms with E-state index in [4.69, 9.17) is 0 Å². The van der Waals surface area contributed by atoms with Crippen LogP contribution in [0.5, 0.6) is 0 Å². The first-order valence-corrected chi connectivity index (χ1v) is 8.45. The second-order valence-electron chi connectivity index (χ2n) is 7.75. The topological polar surface area (TPSA) is 15.3 Å². The maximum absolute atomic E-state index is 3.86. The van der Waals surface area contributed by atoms with Gasteiger partial charge in [0.15, 0.2) is 0 Å². The lowest BCUT2D eigenvalue weighted by atomic mass is 9.85. The van der Waals surface area contributed by atoms with Gasteiger partial charge in [0.05, 0.1) is 0 Å². The van der Waals surface area contributed by atoms with Crippen LogP contribution < -0.4 is 5.32 Å². The molecule has 2 heteroatoms. The van der Waals surface area contributed by atoms with E-state index in [-0.39, 0.29) is 0 Å². The Bertz CT molecular complexity index is 287. The summed E-state index contributed by atoms with van der Waals surface area (Å²) in [4.78, 5) is 2.83. The number of hydrogen-bond acceptors (Lipinski definition) is 2. The van der Waals surface area contributed by atoms with Crippen molar-refractivity contribution in [2.24, 2.45) is 11.3 Å². The third kappa shape index (κ3) is 3.33. The normalized spacial score (nSPS) is 39.6. The zero-order chi connectivity index (χ0) is 14.0. The molecule has 4 unspecified atom stereocenters. The fraction of sp³-hybridized carbons (Fsp3) is 1.00. The number of piperidine rings is 1. The summed E-state index contributed by atoms with van der Waals surface area (Å²) in [6, 6.07) is 2.22. The minimum atomic E-state index is 0.459. The number of rotatable bonds is 4. The summed E-state index contributed by atoms with van der Waals surface area (Å²) in [5.74, 6) is 0.881. The summed E-state index contributed by atoms with van der Waals surface area (Å²) < 4.78 is 0. The Balaban J connectivity index is 2.08. The predicted octanol–water partition coefficient (Wildman–Crippen LogP) is 3.66. The van der Waals surface area contributed by atoms with Crippen molar-refractivity contribution in [1.82, 2.24) is 10.2 Å². The average molecular weight is 266 g/mol. The van der Waals surface area contributed by atoms with Gasteiger partial charge >= 0.3 is 0 Å². The van der Waals surface area contributed by atoms with Crippen LogP contribution >= 0.6 is 0 Å². The van der Waals surface area contributed by atoms with Crippen LogP contribution in [0.2, 0.25) is 0 Å². The van der Waals surface area contributed by atoms with Gasteiger partial charge in [-0.15, -0.1) is 0 Å². The van der Waals surface area contributed by atoms with Crippen LogP contribution in [0.15, 0.2) is 0 Å². The predicted molar refractivity (Wildman–Crippen MR) is 83.5 cm³/mol. The Kier molecular flexibility index (Phi) is 4.94. The fourth-order valence-corrected chi connectivity index (χ4v) is 4.22. The van der Waals surface area contributed by atoms with Crippen molar-refractivity contribution >= 4 is 0 Å². The molecule has 0 bridgehead atoms. The monoisotopic (exact) mass is 266 g/mol. The molecule has 112 valence electrons. The third-order valence-corrected chi connectivity index (χ3v) is 5.52. The van der Waals surface area contributed by atoms with Crippen molar-refractivity contribution in [2.45, 2.75) is 84.8 Å². The van der Waals surface area contributed by atoms with Gasteiger partial charge in [-0.1, -0.05) is 27.7 Å². The van der Waals surface area contributed by atoms with Gasteiger partial charge < -0.3 is 5.32 Å². The van der Waals surface area contributed by atoms with E-state index < -0.39 is 0 Å². The second-order valence-corrected chi connectivity index (χ2v) is 7.75. The minimum absolute atomic E-state index is 0.459. The molecule has 1 aliphatic heterocycles. The highest BCUT2D eigenvalue weighted by Crippen LogP contribution is 2.42. The van der Waals surface area contributed by atoms with Gasteiger partial charge in [0, 0.05) is 24.7 Å². The Morgan fingerprint density at radius 1 is 1.16 bits per heavy atom. The SMILES string of the molecule is CCCNC1C(N2CC(C)CCC2C)CCC1(C)C. The molecule has 2 aliphatic rings. The zero-order valence-electron chi connectivity index (χ0n) is 13.7. The van der Waals surface area contributed by atoms with Gasteiger partial charge in [-0.2, -0.15) is 0 Å². The maximum atomic E-state index is 3.86. The Morgan fingerprint density at radius 2 is 1.89 bits per heavy atom. The molecule has 1 heterocycles. The molecule has 4 atom stereocenters. The minimum Gasteiger partial charge on any atom is -0.312 e. The summed E-state index contributed by atoms with van der Waals surface area (Å²) >= 11 is 0. The zero-order valence-corrected chi connectivity index (χ0v) is 13.7. The average Bonchev–Trinajstić information content (AvgIpc) is 2.65. The molecule has 0 aromatic rings. The first kappa shape index (κ1) is 15.3. The summed E-state index contributed by atoms with van der Waals surface area (Å²) in [6.07, 6.45) is 6.80. The molecule has 1 aliphatic carbocycles. The first-order chi connectivity index (χ1) is 8.95. The van der Waals surface area contributed by atoms with Gasteiger partial charge in [-0.3, -0.25) is 4.90 Å². The molecular weight excluding hydrogens is 232 g/mol. The van der Waals surface area contributed by atoms with Crippen molar-refractivity contribution in [3.05, 3.63) is 0 Å². The van der Waals surface area contributed by atoms with Crippen molar-refractivity contribution in [3.8, 4) is 0 Å². The highest BCUT2D eigenvalue weighted by molar-refractivity contribution is 5.02. The lowest BCUT2D eigenvalue weighted by molar-refractivity contribution is 0.0558. The third-order valence-electron chi connectivity index (χ3n) is 5.52. The van der Waals surface area contributed by atoms with Crippen molar-refractivity contribution in [2.75, 3.05) is 13.1 Å². The highest BCUT2D eigenvalue weighted by Gasteiger charge is 2.45. The number of nitrogens with zero attached hydrogens (tertiary/aromatic N) is 1. The van der Waals surface area contributed by atoms with E-state index in [9.17, 15) is 0 Å². The summed E-state index contributed by atoms with van der Waals surface area (Å²) in [5, 5.41) is 3.86. The van der Waals surface area contributed by atoms with Gasteiger partial charge in [-0.05, 0) is 56.9 Å². The summed E-state index contributed by atoms with van der Waals surface area (Å²) in [7, 11) is 0. The molecule has 0 amide bonds. The van der Waals surface area contributed by atoms with Crippen LogP contribution in [-0.4, -0.2) is 36.1 Å². The lowest BCUT2D eigenvalue weighted by Crippen LogP contribution is -2.56. The van der Waals surface area contributed by atoms with E-state index in [2.05, 4.69) is 44.8 Å². The molecule has 19 heavy (non-hydrogen) atoms. The molecule has 0 radical (unpaired) electrons. The van der Waals surface area contributed by atoms with E-state index in [0.29, 0.717) is 11.5 Å². The van der Waals surface area contributed by atoms with Crippen LogP contribution in [0.25, 0.3) is 0 Å². The van der Waals surface area contributed by atoms with Crippen molar-refractivity contribution in [3.63, 3.8) is 0 Å². The fourth-order valence-electron chi connectivity index (χ4n) is 4.22. The molecule has 1 N–H and O–H groups in total. The largest absolute Gasteiger partial charge is 0.312 e. The molecule has 1 saturated carbocycles. The van der Waals surface area contributed by atoms with E-state index in [1.165, 1.54) is 45.2 Å². The summed E-state index contributed by atoms with van der Waals surface area (Å²) in [5.41, 5.74) is 0.459. The Morgan fingerprint density at radius 3 is 2.58 bits per heavy atom. The molecule has 1 saturated heterocycles. The highest BCUT2D eigenvalue weighted by atomic mass is 15.2. The van der Waals surface area contributed by atoms with E-state index in [1.54, 1.807) is 0 Å². The Labute approximate surface area is 120 Å². The number of likely N-dealkylation sites (tertiary alicyclic amines) is 1. The van der Waals surface area contributed by atoms with Gasteiger partial charge in [0.25, 0.3) is 0 Å². The smallest absolute Gasteiger partial charge is 0.0274 e. The van der Waals surface area contributed by atoms with E-state index in [0.717, 1.165) is 18.0 Å². The van der Waals surface area contributed by atoms with Crippen molar-refractivity contribution in [1.29, 1.82) is 0 Å². The number of hydrogen-bond donors (Lipinski definition) is 1. The lowest BCUT2D eigenvalue weighted by Gasteiger charge is -2.45. The van der Waals surface area contributed by atoms with Crippen molar-refractivity contribution < 1.29 is 0 Å². The Hall–Kier alpha value is -0.0800. The molecule has 2 nitrogen and oxygen atoms in total. The molecule has 2 fully saturated rings. The van der Waals surface area contributed by atoms with E-state index >= 15 is 0 Å². The van der Waals surface area contributed by atoms with Gasteiger partial charge in [-0.25, -0.2) is 0 Å². The number of nitrogens with one attached hydrogen (secondary N) is 1. The van der Waals surface area contributed by atoms with E-state index in [1.807, 2.05) is 0 Å². The molecule has 0 aromatic carbocycles. The van der Waals surface area contributed by atoms with Crippen LogP contribution in [0.4, 0.5) is 0 Å². The van der Waals surface area contributed by atoms with Crippen LogP contribution in [-0.2, 0) is 0 Å². The summed E-state index contributed by atoms with van der Waals surface area (Å²) in [6.45, 7) is 14.5. The molecule has 2 rings (SSSR count). The quantitative estimate of drug-likeness (QED) is 0.835. The molecule has 0 aromatic heterocycles. The standard InChI is InChI=1S/C17H34N2/c1-6-11-18-16-15(9-10-17(16,4)5)19-12-13(2)7-8-14(19)3/h13-16,18H,6-12H2,1-5H3. The second kappa shape index (κ2) is 6.13. The van der Waals surface area contributed by atoms with Crippen LogP contribution in [0.3, 0.4) is 0 Å².